The molecule has 0 radical (unpaired) electrons. The zero-order valence-electron chi connectivity index (χ0n) is 12.5. The van der Waals surface area contributed by atoms with Crippen LogP contribution in [0.1, 0.15) is 24.3 Å². The van der Waals surface area contributed by atoms with Crippen molar-refractivity contribution in [3.8, 4) is 0 Å². The van der Waals surface area contributed by atoms with E-state index in [0.717, 1.165) is 5.56 Å². The summed E-state index contributed by atoms with van der Waals surface area (Å²) in [5, 5.41) is 3.55. The predicted octanol–water partition coefficient (Wildman–Crippen LogP) is 3.87. The van der Waals surface area contributed by atoms with E-state index in [1.807, 2.05) is 24.3 Å². The number of hydrogen-bond donors (Lipinski definition) is 1. The van der Waals surface area contributed by atoms with Crippen LogP contribution in [0.15, 0.2) is 47.2 Å². The molecular weight excluding hydrogens is 394 g/mol. The Bertz CT molecular complexity index is 851. The van der Waals surface area contributed by atoms with Gasteiger partial charge in [-0.25, -0.2) is 9.69 Å². The molecule has 5 nitrogen and oxygen atoms in total. The fraction of sp³-hybridized carbons (Fsp3) is 0.235. The van der Waals surface area contributed by atoms with Gasteiger partial charge >= 0.3 is 6.03 Å². The number of nitrogens with zero attached hydrogens (tertiary/aromatic N) is 2. The van der Waals surface area contributed by atoms with Crippen molar-refractivity contribution >= 4 is 45.2 Å². The van der Waals surface area contributed by atoms with Crippen LogP contribution in [-0.2, 0) is 4.79 Å². The number of rotatable bonds is 2. The lowest BCUT2D eigenvalue weighted by Crippen LogP contribution is -2.56. The summed E-state index contributed by atoms with van der Waals surface area (Å²) >= 11 is 9.55. The van der Waals surface area contributed by atoms with Gasteiger partial charge in [0.1, 0.15) is 5.54 Å². The van der Waals surface area contributed by atoms with Crippen LogP contribution in [0.2, 0.25) is 5.02 Å². The number of anilines is 1. The number of carbonyl (C=O) groups is 2. The number of nitrogens with one attached hydrogen (secondary N) is 1. The molecule has 1 spiro atoms. The molecule has 1 saturated heterocycles. The molecule has 1 aliphatic carbocycles. The van der Waals surface area contributed by atoms with Crippen molar-refractivity contribution in [3.05, 3.63) is 57.8 Å². The number of urea groups is 1. The fourth-order valence-corrected chi connectivity index (χ4v) is 4.10. The van der Waals surface area contributed by atoms with Crippen molar-refractivity contribution in [2.45, 2.75) is 24.3 Å². The molecule has 2 fully saturated rings. The van der Waals surface area contributed by atoms with E-state index >= 15 is 0 Å². The zero-order valence-corrected chi connectivity index (χ0v) is 14.8. The molecule has 1 N–H and O–H groups in total. The van der Waals surface area contributed by atoms with E-state index in [0.29, 0.717) is 28.0 Å². The van der Waals surface area contributed by atoms with Gasteiger partial charge in [-0.15, -0.1) is 0 Å². The normalized spacial score (nSPS) is 25.8. The Kier molecular flexibility index (Phi) is 3.62. The van der Waals surface area contributed by atoms with Gasteiger partial charge in [-0.3, -0.25) is 9.78 Å². The van der Waals surface area contributed by atoms with Gasteiger partial charge in [0.05, 0.1) is 11.9 Å². The van der Waals surface area contributed by atoms with Crippen LogP contribution in [-0.4, -0.2) is 22.5 Å². The highest BCUT2D eigenvalue weighted by Gasteiger charge is 2.59. The number of amides is 3. The van der Waals surface area contributed by atoms with Crippen molar-refractivity contribution in [2.24, 2.45) is 0 Å². The van der Waals surface area contributed by atoms with Crippen LogP contribution in [0.3, 0.4) is 0 Å². The van der Waals surface area contributed by atoms with E-state index in [9.17, 15) is 9.59 Å². The van der Waals surface area contributed by atoms with Crippen molar-refractivity contribution in [3.63, 3.8) is 0 Å². The molecule has 1 aliphatic heterocycles. The molecule has 7 heteroatoms. The highest BCUT2D eigenvalue weighted by Crippen LogP contribution is 2.49. The van der Waals surface area contributed by atoms with E-state index in [1.54, 1.807) is 12.3 Å². The Morgan fingerprint density at radius 3 is 2.71 bits per heavy atom. The zero-order chi connectivity index (χ0) is 16.9. The molecule has 3 amide bonds. The van der Waals surface area contributed by atoms with Gasteiger partial charge in [-0.05, 0) is 52.4 Å². The average Bonchev–Trinajstić information content (AvgIpc) is 2.78. The Morgan fingerprint density at radius 2 is 2.00 bits per heavy atom. The number of halogens is 2. The third-order valence-electron chi connectivity index (χ3n) is 4.65. The topological polar surface area (TPSA) is 62.3 Å². The number of carbonyl (C=O) groups excluding carboxylic acids is 2. The molecular formula is C17H13BrClN3O2. The van der Waals surface area contributed by atoms with E-state index in [-0.39, 0.29) is 11.8 Å². The lowest BCUT2D eigenvalue weighted by atomic mass is 9.65. The minimum absolute atomic E-state index is 0.170. The molecule has 2 aromatic rings. The molecule has 1 saturated carbocycles. The number of hydrogen-bond acceptors (Lipinski definition) is 3. The maximum Gasteiger partial charge on any atom is 0.329 e. The Balaban J connectivity index is 1.58. The van der Waals surface area contributed by atoms with Gasteiger partial charge in [0.25, 0.3) is 5.91 Å². The predicted molar refractivity (Wildman–Crippen MR) is 94.1 cm³/mol. The van der Waals surface area contributed by atoms with Crippen LogP contribution in [0.25, 0.3) is 0 Å². The van der Waals surface area contributed by atoms with Crippen molar-refractivity contribution in [2.75, 3.05) is 4.90 Å². The second-order valence-corrected chi connectivity index (χ2v) is 7.46. The minimum Gasteiger partial charge on any atom is -0.323 e. The highest BCUT2D eigenvalue weighted by molar-refractivity contribution is 9.10. The molecule has 24 heavy (non-hydrogen) atoms. The fourth-order valence-electron chi connectivity index (χ4n) is 3.46. The summed E-state index contributed by atoms with van der Waals surface area (Å²) in [4.78, 5) is 30.4. The summed E-state index contributed by atoms with van der Waals surface area (Å²) < 4.78 is 0.712. The third kappa shape index (κ3) is 2.32. The minimum atomic E-state index is -0.830. The van der Waals surface area contributed by atoms with E-state index in [2.05, 4.69) is 26.2 Å². The molecule has 122 valence electrons. The highest BCUT2D eigenvalue weighted by atomic mass is 79.9. The van der Waals surface area contributed by atoms with Crippen molar-refractivity contribution < 1.29 is 9.59 Å². The van der Waals surface area contributed by atoms with Gasteiger partial charge in [0, 0.05) is 15.7 Å². The van der Waals surface area contributed by atoms with Crippen LogP contribution >= 0.6 is 27.5 Å². The molecule has 2 aliphatic rings. The Hall–Kier alpha value is -1.92. The molecule has 0 unspecified atom stereocenters. The molecule has 1 aromatic heterocycles. The second-order valence-electron chi connectivity index (χ2n) is 6.14. The summed E-state index contributed by atoms with van der Waals surface area (Å²) in [6.45, 7) is 0. The van der Waals surface area contributed by atoms with Gasteiger partial charge in [0.15, 0.2) is 0 Å². The van der Waals surface area contributed by atoms with Crippen molar-refractivity contribution in [1.29, 1.82) is 0 Å². The van der Waals surface area contributed by atoms with Gasteiger partial charge in [0.2, 0.25) is 0 Å². The van der Waals surface area contributed by atoms with Gasteiger partial charge in [-0.2, -0.15) is 0 Å². The Labute approximate surface area is 152 Å². The maximum atomic E-state index is 12.9. The summed E-state index contributed by atoms with van der Waals surface area (Å²) in [6, 6.07) is 8.92. The quantitative estimate of drug-likeness (QED) is 0.770. The van der Waals surface area contributed by atoms with Crippen LogP contribution in [0, 0.1) is 0 Å². The summed E-state index contributed by atoms with van der Waals surface area (Å²) in [5.74, 6) is -0.0563. The van der Waals surface area contributed by atoms with Crippen LogP contribution in [0.4, 0.5) is 10.5 Å². The second kappa shape index (κ2) is 5.57. The van der Waals surface area contributed by atoms with E-state index in [4.69, 9.17) is 11.6 Å². The van der Waals surface area contributed by atoms with E-state index in [1.165, 1.54) is 11.1 Å². The molecule has 0 atom stereocenters. The molecule has 1 aromatic carbocycles. The lowest BCUT2D eigenvalue weighted by Gasteiger charge is -2.43. The molecule has 2 heterocycles. The first kappa shape index (κ1) is 15.6. The van der Waals surface area contributed by atoms with E-state index < -0.39 is 11.6 Å². The number of pyridine rings is 1. The SMILES string of the molecule is O=C1NC2(CC(c3ccccc3Cl)C2)C(=O)N1c1cncc(Br)c1. The standard InChI is InChI=1S/C17H13BrClN3O2/c18-11-5-12(9-20-8-11)22-15(23)17(21-16(22)24)6-10(7-17)13-3-1-2-4-14(13)19/h1-5,8-10H,6-7H2,(H,21,24). The summed E-state index contributed by atoms with van der Waals surface area (Å²) in [5.41, 5.74) is 0.655. The third-order valence-corrected chi connectivity index (χ3v) is 5.42. The van der Waals surface area contributed by atoms with Crippen molar-refractivity contribution in [1.82, 2.24) is 10.3 Å². The number of imide groups is 1. The summed E-state index contributed by atoms with van der Waals surface area (Å²) in [6.07, 6.45) is 4.22. The maximum absolute atomic E-state index is 12.9. The molecule has 4 rings (SSSR count). The first-order valence-corrected chi connectivity index (χ1v) is 8.69. The smallest absolute Gasteiger partial charge is 0.323 e. The number of aromatic nitrogens is 1. The molecule has 0 bridgehead atoms. The Morgan fingerprint density at radius 1 is 1.25 bits per heavy atom. The summed E-state index contributed by atoms with van der Waals surface area (Å²) in [7, 11) is 0. The van der Waals surface area contributed by atoms with Crippen LogP contribution in [0.5, 0.6) is 0 Å². The lowest BCUT2D eigenvalue weighted by molar-refractivity contribution is -0.125. The average molecular weight is 407 g/mol. The van der Waals surface area contributed by atoms with Gasteiger partial charge < -0.3 is 5.32 Å². The van der Waals surface area contributed by atoms with Crippen LogP contribution < -0.4 is 10.2 Å². The number of benzene rings is 1. The largest absolute Gasteiger partial charge is 0.329 e. The van der Waals surface area contributed by atoms with Gasteiger partial charge in [-0.1, -0.05) is 29.8 Å². The first-order chi connectivity index (χ1) is 11.5. The monoisotopic (exact) mass is 405 g/mol. The first-order valence-electron chi connectivity index (χ1n) is 7.52.